The van der Waals surface area contributed by atoms with Gasteiger partial charge in [-0.05, 0) is 55.8 Å². The molecule has 2 aromatic rings. The van der Waals surface area contributed by atoms with Crippen LogP contribution in [-0.2, 0) is 26.6 Å². The number of furan rings is 1. The molecule has 0 aliphatic heterocycles. The molecule has 7 nitrogen and oxygen atoms in total. The zero-order valence-corrected chi connectivity index (χ0v) is 16.5. The van der Waals surface area contributed by atoms with Crippen molar-refractivity contribution in [2.45, 2.75) is 35.6 Å². The van der Waals surface area contributed by atoms with Crippen molar-refractivity contribution in [2.75, 3.05) is 14.1 Å². The third kappa shape index (κ3) is 3.71. The average molecular weight is 399 g/mol. The highest BCUT2D eigenvalue weighted by molar-refractivity contribution is 7.89. The van der Waals surface area contributed by atoms with Gasteiger partial charge in [-0.25, -0.2) is 21.6 Å². The van der Waals surface area contributed by atoms with Gasteiger partial charge in [-0.1, -0.05) is 6.92 Å². The van der Waals surface area contributed by atoms with Crippen LogP contribution in [0.2, 0.25) is 0 Å². The van der Waals surface area contributed by atoms with Gasteiger partial charge in [0.2, 0.25) is 20.0 Å². The average Bonchev–Trinajstić information content (AvgIpc) is 3.16. The van der Waals surface area contributed by atoms with Crippen LogP contribution in [-0.4, -0.2) is 35.2 Å². The van der Waals surface area contributed by atoms with E-state index in [1.165, 1.54) is 42.7 Å². The van der Waals surface area contributed by atoms with E-state index >= 15 is 0 Å². The highest BCUT2D eigenvalue weighted by atomic mass is 32.2. The van der Waals surface area contributed by atoms with Crippen molar-refractivity contribution in [1.82, 2.24) is 9.03 Å². The second-order valence-corrected chi connectivity index (χ2v) is 10.5. The quantitative estimate of drug-likeness (QED) is 0.771. The Morgan fingerprint density at radius 3 is 2.19 bits per heavy atom. The van der Waals surface area contributed by atoms with Crippen molar-refractivity contribution in [3.05, 3.63) is 47.9 Å². The Balaban J connectivity index is 1.75. The van der Waals surface area contributed by atoms with Crippen LogP contribution >= 0.6 is 0 Å². The molecule has 0 bridgehead atoms. The molecule has 26 heavy (non-hydrogen) atoms. The van der Waals surface area contributed by atoms with Crippen molar-refractivity contribution in [3.8, 4) is 0 Å². The van der Waals surface area contributed by atoms with Crippen LogP contribution < -0.4 is 4.72 Å². The van der Waals surface area contributed by atoms with E-state index in [0.717, 1.165) is 12.2 Å². The van der Waals surface area contributed by atoms with Gasteiger partial charge in [0.25, 0.3) is 0 Å². The molecule has 1 aromatic heterocycles. The minimum Gasteiger partial charge on any atom is -0.464 e. The number of rotatable bonds is 7. The molecule has 1 aliphatic rings. The second kappa shape index (κ2) is 6.80. The van der Waals surface area contributed by atoms with Crippen LogP contribution in [0.3, 0.4) is 0 Å². The largest absolute Gasteiger partial charge is 0.464 e. The molecule has 0 saturated heterocycles. The van der Waals surface area contributed by atoms with E-state index in [4.69, 9.17) is 4.42 Å². The van der Waals surface area contributed by atoms with E-state index in [1.54, 1.807) is 6.07 Å². The Kier molecular flexibility index (Phi) is 5.00. The van der Waals surface area contributed by atoms with Crippen LogP contribution in [0.4, 0.5) is 0 Å². The highest BCUT2D eigenvalue weighted by Gasteiger charge is 2.36. The van der Waals surface area contributed by atoms with E-state index in [-0.39, 0.29) is 16.3 Å². The van der Waals surface area contributed by atoms with Crippen molar-refractivity contribution in [3.63, 3.8) is 0 Å². The second-order valence-electron chi connectivity index (χ2n) is 6.56. The minimum atomic E-state index is -3.75. The summed E-state index contributed by atoms with van der Waals surface area (Å²) in [7, 11) is -4.59. The molecule has 0 radical (unpaired) electrons. The molecule has 3 rings (SSSR count). The number of nitrogens with one attached hydrogen (secondary N) is 1. The van der Waals surface area contributed by atoms with Crippen LogP contribution in [0, 0.1) is 5.92 Å². The number of sulfonamides is 2. The summed E-state index contributed by atoms with van der Waals surface area (Å²) in [6.45, 7) is 2.27. The lowest BCUT2D eigenvalue weighted by Gasteiger charge is -2.16. The van der Waals surface area contributed by atoms with Gasteiger partial charge in [0.1, 0.15) is 11.5 Å². The SMILES string of the molecule is CNS(=O)(=O)c1ccc(S(=O)(=O)N(C)Cc2ccc(C3CC3C)o2)cc1. The lowest BCUT2D eigenvalue weighted by molar-refractivity contribution is 0.390. The number of benzene rings is 1. The lowest BCUT2D eigenvalue weighted by Crippen LogP contribution is -2.26. The van der Waals surface area contributed by atoms with Gasteiger partial charge < -0.3 is 4.42 Å². The summed E-state index contributed by atoms with van der Waals surface area (Å²) in [5.74, 6) is 2.54. The third-order valence-electron chi connectivity index (χ3n) is 4.65. The van der Waals surface area contributed by atoms with Gasteiger partial charge in [0.15, 0.2) is 0 Å². The standard InChI is InChI=1S/C17H22N2O5S2/c1-12-10-16(12)17-9-4-13(24-17)11-19(3)26(22,23)15-7-5-14(6-8-15)25(20,21)18-2/h4-9,12,16,18H,10-11H2,1-3H3. The van der Waals surface area contributed by atoms with Gasteiger partial charge in [0.05, 0.1) is 16.3 Å². The van der Waals surface area contributed by atoms with Crippen LogP contribution in [0.15, 0.2) is 50.6 Å². The molecule has 1 fully saturated rings. The fourth-order valence-electron chi connectivity index (χ4n) is 2.79. The summed E-state index contributed by atoms with van der Waals surface area (Å²) in [6, 6.07) is 8.82. The molecule has 2 unspecified atom stereocenters. The van der Waals surface area contributed by atoms with Crippen molar-refractivity contribution in [2.24, 2.45) is 5.92 Å². The van der Waals surface area contributed by atoms with Crippen LogP contribution in [0.1, 0.15) is 30.8 Å². The molecule has 1 saturated carbocycles. The molecular weight excluding hydrogens is 376 g/mol. The molecule has 1 aliphatic carbocycles. The number of nitrogens with zero attached hydrogens (tertiary/aromatic N) is 1. The Hall–Kier alpha value is -1.68. The summed E-state index contributed by atoms with van der Waals surface area (Å²) >= 11 is 0. The zero-order valence-electron chi connectivity index (χ0n) is 14.8. The lowest BCUT2D eigenvalue weighted by atomic mass is 10.3. The van der Waals surface area contributed by atoms with Crippen LogP contribution in [0.25, 0.3) is 0 Å². The van der Waals surface area contributed by atoms with Crippen LogP contribution in [0.5, 0.6) is 0 Å². The zero-order chi connectivity index (χ0) is 19.1. The summed E-state index contributed by atoms with van der Waals surface area (Å²) in [5, 5.41) is 0. The smallest absolute Gasteiger partial charge is 0.243 e. The maximum absolute atomic E-state index is 12.7. The Labute approximate surface area is 154 Å². The van der Waals surface area contributed by atoms with Gasteiger partial charge in [-0.3, -0.25) is 0 Å². The molecule has 2 atom stereocenters. The summed E-state index contributed by atoms with van der Waals surface area (Å²) < 4.78 is 58.0. The summed E-state index contributed by atoms with van der Waals surface area (Å²) in [5.41, 5.74) is 0. The van der Waals surface area contributed by atoms with Gasteiger partial charge in [-0.2, -0.15) is 4.31 Å². The first-order valence-electron chi connectivity index (χ1n) is 8.23. The molecule has 0 spiro atoms. The highest BCUT2D eigenvalue weighted by Crippen LogP contribution is 2.47. The van der Waals surface area contributed by atoms with Crippen molar-refractivity contribution >= 4 is 20.0 Å². The molecular formula is C17H22N2O5S2. The van der Waals surface area contributed by atoms with E-state index in [2.05, 4.69) is 11.6 Å². The van der Waals surface area contributed by atoms with Crippen molar-refractivity contribution in [1.29, 1.82) is 0 Å². The van der Waals surface area contributed by atoms with Gasteiger partial charge >= 0.3 is 0 Å². The molecule has 9 heteroatoms. The third-order valence-corrected chi connectivity index (χ3v) is 7.89. The fourth-order valence-corrected chi connectivity index (χ4v) is 4.66. The Morgan fingerprint density at radius 1 is 1.08 bits per heavy atom. The van der Waals surface area contributed by atoms with Gasteiger partial charge in [-0.15, -0.1) is 0 Å². The first kappa shape index (κ1) is 19.1. The first-order valence-corrected chi connectivity index (χ1v) is 11.2. The van der Waals surface area contributed by atoms with E-state index in [0.29, 0.717) is 17.6 Å². The Morgan fingerprint density at radius 2 is 1.65 bits per heavy atom. The Bertz CT molecular complexity index is 994. The van der Waals surface area contributed by atoms with E-state index < -0.39 is 20.0 Å². The molecule has 0 amide bonds. The topological polar surface area (TPSA) is 96.7 Å². The minimum absolute atomic E-state index is 0.0100. The van der Waals surface area contributed by atoms with Gasteiger partial charge in [0, 0.05) is 13.0 Å². The molecule has 1 aromatic carbocycles. The molecule has 1 N–H and O–H groups in total. The molecule has 1 heterocycles. The normalized spacial score (nSPS) is 20.5. The van der Waals surface area contributed by atoms with E-state index in [9.17, 15) is 16.8 Å². The number of hydrogen-bond acceptors (Lipinski definition) is 5. The fraction of sp³-hybridized carbons (Fsp3) is 0.412. The maximum atomic E-state index is 12.7. The summed E-state index contributed by atoms with van der Waals surface area (Å²) in [6.07, 6.45) is 1.10. The monoisotopic (exact) mass is 398 g/mol. The van der Waals surface area contributed by atoms with Crippen molar-refractivity contribution < 1.29 is 21.3 Å². The predicted molar refractivity (Wildman–Crippen MR) is 96.6 cm³/mol. The molecule has 142 valence electrons. The predicted octanol–water partition coefficient (Wildman–Crippen LogP) is 2.13. The number of hydrogen-bond donors (Lipinski definition) is 1. The maximum Gasteiger partial charge on any atom is 0.243 e. The summed E-state index contributed by atoms with van der Waals surface area (Å²) in [4.78, 5) is 0.0356. The first-order chi connectivity index (χ1) is 12.1. The van der Waals surface area contributed by atoms with E-state index in [1.807, 2.05) is 6.07 Å².